The molecule has 47 heavy (non-hydrogen) atoms. The van der Waals surface area contributed by atoms with Gasteiger partial charge < -0.3 is 19.7 Å². The number of anilines is 1. The van der Waals surface area contributed by atoms with Crippen LogP contribution in [0.2, 0.25) is 0 Å². The summed E-state index contributed by atoms with van der Waals surface area (Å²) in [6.07, 6.45) is 8.53. The SMILES string of the molecule is CC(=O)c1nn(CC(=O)N2[C@H]3C[C@@]4(COCC=CCOCc5ccc(Br)nc5NC3=O)C[C@@H]24)c2c(C)cc(-c3cnc(C)nc3)cc12. The molecule has 1 saturated heterocycles. The highest BCUT2D eigenvalue weighted by molar-refractivity contribution is 9.10. The van der Waals surface area contributed by atoms with E-state index in [1.54, 1.807) is 28.0 Å². The van der Waals surface area contributed by atoms with Gasteiger partial charge in [-0.05, 0) is 71.9 Å². The molecule has 1 N–H and O–H groups in total. The second-order valence-electron chi connectivity index (χ2n) is 12.5. The maximum atomic E-state index is 14.3. The number of fused-ring (bicyclic) bond motifs is 3. The fourth-order valence-electron chi connectivity index (χ4n) is 6.83. The number of hydrogen-bond donors (Lipinski definition) is 1. The predicted octanol–water partition coefficient (Wildman–Crippen LogP) is 4.57. The fraction of sp³-hybridized carbons (Fsp3) is 0.382. The molecular weight excluding hydrogens is 666 g/mol. The largest absolute Gasteiger partial charge is 0.377 e. The van der Waals surface area contributed by atoms with Crippen LogP contribution in [0.4, 0.5) is 5.82 Å². The Morgan fingerprint density at radius 3 is 2.60 bits per heavy atom. The molecule has 0 unspecified atom stereocenters. The number of piperidine rings is 1. The summed E-state index contributed by atoms with van der Waals surface area (Å²) in [7, 11) is 0. The van der Waals surface area contributed by atoms with Crippen molar-refractivity contribution in [2.45, 2.75) is 58.8 Å². The molecule has 1 spiro atoms. The molecule has 4 aromatic rings. The normalized spacial score (nSPS) is 22.6. The number of ether oxygens (including phenoxy) is 2. The Labute approximate surface area is 279 Å². The van der Waals surface area contributed by atoms with Crippen LogP contribution < -0.4 is 5.32 Å². The van der Waals surface area contributed by atoms with Crippen LogP contribution in [0.15, 0.2) is 53.4 Å². The minimum absolute atomic E-state index is 0.133. The van der Waals surface area contributed by atoms with E-state index < -0.39 is 6.04 Å². The molecule has 13 heteroatoms. The van der Waals surface area contributed by atoms with Crippen LogP contribution in [-0.4, -0.2) is 79.1 Å². The molecular formula is C34H34BrN7O5. The number of Topliss-reactive ketones (excluding diaryl/α,β-unsaturated/α-hetero) is 1. The minimum Gasteiger partial charge on any atom is -0.377 e. The van der Waals surface area contributed by atoms with E-state index in [9.17, 15) is 14.4 Å². The molecule has 1 aromatic carbocycles. The number of likely N-dealkylation sites (tertiary alicyclic amines) is 1. The van der Waals surface area contributed by atoms with Crippen molar-refractivity contribution < 1.29 is 23.9 Å². The van der Waals surface area contributed by atoms with Crippen molar-refractivity contribution in [3.05, 3.63) is 76.1 Å². The first-order valence-electron chi connectivity index (χ1n) is 15.5. The van der Waals surface area contributed by atoms with E-state index in [0.717, 1.165) is 28.7 Å². The Morgan fingerprint density at radius 1 is 1.06 bits per heavy atom. The van der Waals surface area contributed by atoms with E-state index in [-0.39, 0.29) is 47.9 Å². The van der Waals surface area contributed by atoms with Crippen molar-refractivity contribution in [1.29, 1.82) is 0 Å². The van der Waals surface area contributed by atoms with Gasteiger partial charge in [-0.3, -0.25) is 19.1 Å². The number of nitrogens with one attached hydrogen (secondary N) is 1. The van der Waals surface area contributed by atoms with Gasteiger partial charge in [0.2, 0.25) is 11.8 Å². The monoisotopic (exact) mass is 699 g/mol. The average molecular weight is 701 g/mol. The molecule has 2 aliphatic heterocycles. The quantitative estimate of drug-likeness (QED) is 0.184. The average Bonchev–Trinajstić information content (AvgIpc) is 3.43. The Morgan fingerprint density at radius 2 is 1.83 bits per heavy atom. The summed E-state index contributed by atoms with van der Waals surface area (Å²) in [5.41, 5.74) is 3.89. The Bertz CT molecular complexity index is 1940. The molecule has 1 aliphatic carbocycles. The summed E-state index contributed by atoms with van der Waals surface area (Å²) in [4.78, 5) is 55.8. The van der Waals surface area contributed by atoms with Crippen LogP contribution in [0.5, 0.6) is 0 Å². The number of halogens is 1. The minimum atomic E-state index is -0.733. The van der Waals surface area contributed by atoms with Crippen molar-refractivity contribution in [2.75, 3.05) is 25.1 Å². The van der Waals surface area contributed by atoms with Gasteiger partial charge in [0, 0.05) is 47.3 Å². The highest BCUT2D eigenvalue weighted by atomic mass is 79.9. The zero-order chi connectivity index (χ0) is 32.9. The first-order chi connectivity index (χ1) is 22.6. The smallest absolute Gasteiger partial charge is 0.248 e. The lowest BCUT2D eigenvalue weighted by Gasteiger charge is -2.27. The number of nitrogens with zero attached hydrogens (tertiary/aromatic N) is 6. The van der Waals surface area contributed by atoms with Gasteiger partial charge in [0.15, 0.2) is 5.78 Å². The highest BCUT2D eigenvalue weighted by Gasteiger charge is 2.67. The number of aromatic nitrogens is 5. The summed E-state index contributed by atoms with van der Waals surface area (Å²) in [5.74, 6) is 0.266. The van der Waals surface area contributed by atoms with Crippen molar-refractivity contribution in [3.8, 4) is 11.1 Å². The summed E-state index contributed by atoms with van der Waals surface area (Å²) in [5, 5.41) is 8.27. The first kappa shape index (κ1) is 31.3. The number of carbonyl (C=O) groups is 3. The molecule has 7 rings (SSSR count). The lowest BCUT2D eigenvalue weighted by Crippen LogP contribution is -2.47. The van der Waals surface area contributed by atoms with Crippen LogP contribution >= 0.6 is 15.9 Å². The van der Waals surface area contributed by atoms with Gasteiger partial charge >= 0.3 is 0 Å². The Kier molecular flexibility index (Phi) is 8.23. The van der Waals surface area contributed by atoms with Gasteiger partial charge in [-0.1, -0.05) is 18.2 Å². The third kappa shape index (κ3) is 5.99. The third-order valence-electron chi connectivity index (χ3n) is 9.20. The van der Waals surface area contributed by atoms with Crippen molar-refractivity contribution in [2.24, 2.45) is 5.41 Å². The van der Waals surface area contributed by atoms with Crippen molar-refractivity contribution in [3.63, 3.8) is 0 Å². The van der Waals surface area contributed by atoms with E-state index in [4.69, 9.17) is 9.47 Å². The molecule has 2 fully saturated rings. The van der Waals surface area contributed by atoms with Crippen LogP contribution in [0, 0.1) is 19.3 Å². The fourth-order valence-corrected chi connectivity index (χ4v) is 7.14. The molecule has 5 heterocycles. The number of amides is 2. The lowest BCUT2D eigenvalue weighted by molar-refractivity contribution is -0.138. The van der Waals surface area contributed by atoms with Gasteiger partial charge in [0.05, 0.1) is 31.9 Å². The zero-order valence-corrected chi connectivity index (χ0v) is 27.9. The summed E-state index contributed by atoms with van der Waals surface area (Å²) in [6, 6.07) is 6.64. The molecule has 0 radical (unpaired) electrons. The van der Waals surface area contributed by atoms with E-state index in [1.165, 1.54) is 6.92 Å². The third-order valence-corrected chi connectivity index (χ3v) is 9.65. The Balaban J connectivity index is 1.22. The second kappa shape index (κ2) is 12.4. The predicted molar refractivity (Wildman–Crippen MR) is 177 cm³/mol. The molecule has 2 bridgehead atoms. The van der Waals surface area contributed by atoms with Crippen LogP contribution in [0.3, 0.4) is 0 Å². The second-order valence-corrected chi connectivity index (χ2v) is 13.3. The molecule has 2 amide bonds. The number of ketones is 1. The topological polar surface area (TPSA) is 141 Å². The van der Waals surface area contributed by atoms with Gasteiger partial charge in [0.1, 0.15) is 34.5 Å². The van der Waals surface area contributed by atoms with Gasteiger partial charge in [-0.2, -0.15) is 5.10 Å². The molecule has 1 saturated carbocycles. The number of aryl methyl sites for hydroxylation is 2. The van der Waals surface area contributed by atoms with E-state index in [1.807, 2.05) is 44.2 Å². The van der Waals surface area contributed by atoms with Crippen LogP contribution in [0.25, 0.3) is 22.0 Å². The summed E-state index contributed by atoms with van der Waals surface area (Å²) in [6.45, 7) is 6.58. The molecule has 3 aliphatic rings. The molecule has 12 nitrogen and oxygen atoms in total. The maximum Gasteiger partial charge on any atom is 0.248 e. The number of rotatable bonds is 4. The van der Waals surface area contributed by atoms with E-state index in [0.29, 0.717) is 53.4 Å². The Hall–Kier alpha value is -4.33. The molecule has 3 atom stereocenters. The summed E-state index contributed by atoms with van der Waals surface area (Å²) < 4.78 is 13.9. The standard InChI is InChI=1S/C34H34BrN7O5/c1-19-10-23(24-14-36-21(3)37-15-24)11-25-30(20(2)43)40-41(31(19)25)16-29(44)42-26-12-34(13-27(34)42)18-47-9-5-4-8-46-17-22-6-7-28(35)38-32(22)39-33(26)45/h4-7,10-11,14-15,26-27H,8-9,12-13,16-18H2,1-3H3,(H,38,39,45)/t26-,27+,34-/m0/s1. The van der Waals surface area contributed by atoms with Crippen molar-refractivity contribution >= 4 is 50.2 Å². The van der Waals surface area contributed by atoms with Crippen molar-refractivity contribution in [1.82, 2.24) is 29.6 Å². The summed E-state index contributed by atoms with van der Waals surface area (Å²) >= 11 is 3.40. The number of benzene rings is 1. The van der Waals surface area contributed by atoms with E-state index in [2.05, 4.69) is 41.3 Å². The van der Waals surface area contributed by atoms with E-state index >= 15 is 0 Å². The highest BCUT2D eigenvalue weighted by Crippen LogP contribution is 2.60. The van der Waals surface area contributed by atoms with Crippen LogP contribution in [-0.2, 0) is 32.2 Å². The van der Waals surface area contributed by atoms with Gasteiger partial charge in [0.25, 0.3) is 0 Å². The molecule has 242 valence electrons. The number of carbonyl (C=O) groups excluding carboxylic acids is 3. The molecule has 3 aromatic heterocycles. The lowest BCUT2D eigenvalue weighted by atomic mass is 10.00. The van der Waals surface area contributed by atoms with Gasteiger partial charge in [-0.15, -0.1) is 0 Å². The van der Waals surface area contributed by atoms with Gasteiger partial charge in [-0.25, -0.2) is 15.0 Å². The maximum absolute atomic E-state index is 14.3. The number of pyridine rings is 1. The zero-order valence-electron chi connectivity index (χ0n) is 26.3. The van der Waals surface area contributed by atoms with Crippen LogP contribution in [0.1, 0.15) is 47.2 Å². The number of hydrogen-bond acceptors (Lipinski definition) is 9. The first-order valence-corrected chi connectivity index (χ1v) is 16.3.